The van der Waals surface area contributed by atoms with E-state index in [9.17, 15) is 40.9 Å². The van der Waals surface area contributed by atoms with E-state index in [1.54, 1.807) is 6.07 Å². The van der Waals surface area contributed by atoms with Crippen LogP contribution >= 0.6 is 0 Å². The van der Waals surface area contributed by atoms with Crippen molar-refractivity contribution in [3.05, 3.63) is 72.4 Å². The molecule has 14 fully saturated rings. The molecule has 0 bridgehead atoms. The molecule has 16 rings (SSSR count). The van der Waals surface area contributed by atoms with E-state index in [1.165, 1.54) is 187 Å². The van der Waals surface area contributed by atoms with Gasteiger partial charge in [0.25, 0.3) is 0 Å². The molecule has 7 saturated carbocycles. The summed E-state index contributed by atoms with van der Waals surface area (Å²) in [4.78, 5) is 0. The predicted octanol–water partition coefficient (Wildman–Crippen LogP) is 13.5. The third kappa shape index (κ3) is 29.6. The number of aromatic hydroxyl groups is 1. The number of aliphatic hydroxyl groups is 9. The molecule has 21 heteroatoms. The molecule has 21 unspecified atom stereocenters. The van der Waals surface area contributed by atoms with E-state index < -0.39 is 6.29 Å². The molecular formula is C74H126N8O10Yb3-8. The van der Waals surface area contributed by atoms with Gasteiger partial charge < -0.3 is 93.6 Å². The summed E-state index contributed by atoms with van der Waals surface area (Å²) in [6, 6.07) is 7.53. The molecule has 0 amide bonds. The van der Waals surface area contributed by atoms with Crippen LogP contribution in [0.5, 0.6) is 5.75 Å². The Kier molecular flexibility index (Phi) is 45.8. The first-order chi connectivity index (χ1) is 44.7. The number of fused-ring (bicyclic) bond motifs is 8. The Labute approximate surface area is 689 Å². The fraction of sp³-hybridized carbons (Fsp3) is 0.892. The van der Waals surface area contributed by atoms with Crippen molar-refractivity contribution in [2.24, 2.45) is 41.4 Å². The Morgan fingerprint density at radius 1 is 0.316 bits per heavy atom. The van der Waals surface area contributed by atoms with E-state index in [0.717, 1.165) is 102 Å². The van der Waals surface area contributed by atoms with E-state index in [4.69, 9.17) is 10.2 Å². The Morgan fingerprint density at radius 3 is 0.705 bits per heavy atom. The first-order valence-electron chi connectivity index (χ1n) is 37.7. The number of benzene rings is 1. The first kappa shape index (κ1) is 88.1. The molecule has 8 heterocycles. The first-order valence-corrected chi connectivity index (χ1v) is 37.7. The minimum absolute atomic E-state index is 0. The minimum Gasteiger partial charge on any atom is -0.678 e. The van der Waals surface area contributed by atoms with Crippen molar-refractivity contribution in [3.63, 3.8) is 0 Å². The van der Waals surface area contributed by atoms with Gasteiger partial charge >= 0.3 is 0 Å². The summed E-state index contributed by atoms with van der Waals surface area (Å²) in [5, 5.41) is 127. The molecule has 0 radical (unpaired) electrons. The normalized spacial score (nSPS) is 38.5. The molecule has 7 saturated heterocycles. The Hall–Kier alpha value is 2.48. The zero-order chi connectivity index (χ0) is 65.0. The number of hydrogen-bond acceptors (Lipinski definition) is 10. The molecule has 1 aromatic carbocycles. The third-order valence-electron chi connectivity index (χ3n) is 22.9. The largest absolute Gasteiger partial charge is 0.678 e. The van der Waals surface area contributed by atoms with Crippen molar-refractivity contribution in [1.82, 2.24) is 0 Å². The van der Waals surface area contributed by atoms with Crippen molar-refractivity contribution < 1.29 is 192 Å². The average molecular weight is 1810 g/mol. The van der Waals surface area contributed by atoms with Gasteiger partial charge in [0.15, 0.2) is 0 Å². The summed E-state index contributed by atoms with van der Waals surface area (Å²) >= 11 is 0. The second-order valence-electron chi connectivity index (χ2n) is 29.7. The fourth-order valence-electron chi connectivity index (χ4n) is 18.2. The van der Waals surface area contributed by atoms with Gasteiger partial charge in [0.1, 0.15) is 12.0 Å². The van der Waals surface area contributed by atoms with Crippen LogP contribution in [-0.2, 0) is 0 Å². The van der Waals surface area contributed by atoms with Crippen LogP contribution in [0.15, 0.2) is 24.3 Å². The quantitative estimate of drug-likeness (QED) is 0.110. The molecular weight excluding hydrogens is 1680 g/mol. The Bertz CT molecular complexity index is 1860. The summed E-state index contributed by atoms with van der Waals surface area (Å²) < 4.78 is 0. The van der Waals surface area contributed by atoms with Crippen molar-refractivity contribution in [2.75, 3.05) is 52.4 Å². The van der Waals surface area contributed by atoms with Gasteiger partial charge in [-0.05, 0) is 63.5 Å². The molecule has 0 spiro atoms. The van der Waals surface area contributed by atoms with Gasteiger partial charge in [0.2, 0.25) is 0 Å². The molecule has 0 aromatic heterocycles. The van der Waals surface area contributed by atoms with Crippen LogP contribution in [0.4, 0.5) is 5.69 Å². The number of aliphatic hydroxyl groups excluding tert-OH is 8. The van der Waals surface area contributed by atoms with Crippen LogP contribution in [0.3, 0.4) is 0 Å². The second kappa shape index (κ2) is 49.4. The third-order valence-corrected chi connectivity index (χ3v) is 22.9. The molecule has 8 aliphatic heterocycles. The topological polar surface area (TPSA) is 315 Å². The summed E-state index contributed by atoms with van der Waals surface area (Å²) in [7, 11) is 0. The van der Waals surface area contributed by atoms with Gasteiger partial charge in [-0.25, -0.2) is 0 Å². The van der Waals surface area contributed by atoms with E-state index in [0.29, 0.717) is 90.3 Å². The molecule has 10 N–H and O–H groups in total. The maximum Gasteiger partial charge on any atom is 0.148 e. The Balaban J connectivity index is 0.000000194. The zero-order valence-electron chi connectivity index (χ0n) is 57.3. The number of piperidine rings is 7. The number of nitrogens with zero attached hydrogens (tertiary/aromatic N) is 8. The van der Waals surface area contributed by atoms with Crippen LogP contribution in [0.2, 0.25) is 0 Å². The van der Waals surface area contributed by atoms with Crippen molar-refractivity contribution in [3.8, 4) is 5.75 Å². The maximum atomic E-state index is 9.61. The van der Waals surface area contributed by atoms with E-state index in [1.807, 2.05) is 24.3 Å². The van der Waals surface area contributed by atoms with Crippen LogP contribution in [-0.4, -0.2) is 195 Å². The van der Waals surface area contributed by atoms with Crippen LogP contribution < -0.4 is 0 Å². The molecule has 572 valence electrons. The van der Waals surface area contributed by atoms with Gasteiger partial charge in [-0.2, -0.15) is 0 Å². The standard InChI is InChI=1S/7C9H16NO.C9H8NO.C2H6O2.3Yb/c8*11-8-5-1-3-7-4-2-6-10-9(7)8;1-2(3)4;;;/h7*7-9,11H,1-6H2;1-5,11H,6H2;2-4H,1H3;;;/q8*-1;;;;. The van der Waals surface area contributed by atoms with Gasteiger partial charge in [-0.1, -0.05) is 245 Å². The van der Waals surface area contributed by atoms with Crippen LogP contribution in [0.25, 0.3) is 48.6 Å². The van der Waals surface area contributed by atoms with E-state index in [2.05, 4.69) is 42.5 Å². The van der Waals surface area contributed by atoms with Gasteiger partial charge in [0.05, 0.1) is 0 Å². The summed E-state index contributed by atoms with van der Waals surface area (Å²) in [5.74, 6) is 5.28. The second-order valence-corrected chi connectivity index (χ2v) is 29.7. The number of para-hydroxylation sites is 1. The molecule has 15 aliphatic rings. The SMILES string of the molecule is CC(O)O.OC1CCCC2CCC[N-]C12.OC1CCCC2CCC[N-]C12.OC1CCCC2CCC[N-]C12.OC1CCCC2CCC[N-]C12.OC1CCCC2CCC[N-]C12.OC1CCCC2CCC[N-]C12.OC1CCCC2CCC[N-]C12.Oc1cccc2c1[N-]CC=C2.[Yb].[Yb].[Yb]. The summed E-state index contributed by atoms with van der Waals surface area (Å²) in [6.07, 6.45) is 44.1. The molecule has 7 aliphatic carbocycles. The van der Waals surface area contributed by atoms with Crippen molar-refractivity contribution in [1.29, 1.82) is 0 Å². The fourth-order valence-corrected chi connectivity index (χ4v) is 18.2. The number of phenolic OH excluding ortho intramolecular Hbond substituents is 1. The van der Waals surface area contributed by atoms with Crippen molar-refractivity contribution in [2.45, 2.75) is 323 Å². The van der Waals surface area contributed by atoms with Gasteiger partial charge in [0, 0.05) is 183 Å². The number of hydrogen-bond donors (Lipinski definition) is 10. The van der Waals surface area contributed by atoms with Gasteiger partial charge in [-0.15, -0.1) is 101 Å². The van der Waals surface area contributed by atoms with Crippen LogP contribution in [0.1, 0.15) is 237 Å². The average Bonchev–Trinajstić information content (AvgIpc) is 3.24. The number of phenols is 1. The molecule has 18 nitrogen and oxygen atoms in total. The van der Waals surface area contributed by atoms with E-state index in [-0.39, 0.29) is 189 Å². The Morgan fingerprint density at radius 2 is 0.516 bits per heavy atom. The van der Waals surface area contributed by atoms with Gasteiger partial charge in [-0.3, -0.25) is 0 Å². The van der Waals surface area contributed by atoms with Crippen LogP contribution in [0, 0.1) is 182 Å². The van der Waals surface area contributed by atoms with E-state index >= 15 is 0 Å². The van der Waals surface area contributed by atoms with Crippen molar-refractivity contribution >= 4 is 11.8 Å². The molecule has 21 atom stereocenters. The molecule has 95 heavy (non-hydrogen) atoms. The monoisotopic (exact) mass is 1810 g/mol. The number of rotatable bonds is 0. The summed E-state index contributed by atoms with van der Waals surface area (Å²) in [6.45, 7) is 8.84. The smallest absolute Gasteiger partial charge is 0.148 e. The maximum absolute atomic E-state index is 9.61. The summed E-state index contributed by atoms with van der Waals surface area (Å²) in [5.41, 5.74) is 1.71. The predicted molar refractivity (Wildman–Crippen MR) is 371 cm³/mol. The minimum atomic E-state index is -1.17. The molecule has 1 aromatic rings. The zero-order valence-corrected chi connectivity index (χ0v) is 62.5.